The predicted octanol–water partition coefficient (Wildman–Crippen LogP) is 3.75. The highest BCUT2D eigenvalue weighted by Gasteiger charge is 2.06. The summed E-state index contributed by atoms with van der Waals surface area (Å²) in [6, 6.07) is 9.77. The van der Waals surface area contributed by atoms with Gasteiger partial charge < -0.3 is 9.47 Å². The fraction of sp³-hybridized carbons (Fsp3) is 0.438. The van der Waals surface area contributed by atoms with Crippen LogP contribution in [0.3, 0.4) is 0 Å². The van der Waals surface area contributed by atoms with E-state index in [1.807, 2.05) is 30.3 Å². The largest absolute Gasteiger partial charge is 0.494 e. The maximum atomic E-state index is 11.3. The summed E-state index contributed by atoms with van der Waals surface area (Å²) in [7, 11) is 0. The van der Waals surface area contributed by atoms with E-state index in [0.717, 1.165) is 25.0 Å². The minimum absolute atomic E-state index is 0.275. The lowest BCUT2D eigenvalue weighted by molar-refractivity contribution is -0.138. The molecule has 1 aromatic carbocycles. The molecule has 104 valence electrons. The molecule has 0 aromatic heterocycles. The van der Waals surface area contributed by atoms with Crippen molar-refractivity contribution in [2.45, 2.75) is 32.6 Å². The van der Waals surface area contributed by atoms with Gasteiger partial charge in [-0.2, -0.15) is 0 Å². The topological polar surface area (TPSA) is 35.5 Å². The zero-order valence-electron chi connectivity index (χ0n) is 11.6. The maximum Gasteiger partial charge on any atom is 0.333 e. The third-order valence-corrected chi connectivity index (χ3v) is 2.70. The molecule has 0 heterocycles. The van der Waals surface area contributed by atoms with Crippen LogP contribution in [0.15, 0.2) is 42.5 Å². The Morgan fingerprint density at radius 2 is 1.89 bits per heavy atom. The van der Waals surface area contributed by atoms with Gasteiger partial charge in [0.2, 0.25) is 0 Å². The quantitative estimate of drug-likeness (QED) is 0.386. The Bertz CT molecular complexity index is 384. The van der Waals surface area contributed by atoms with Gasteiger partial charge in [-0.05, 0) is 44.7 Å². The molecule has 0 radical (unpaired) electrons. The Morgan fingerprint density at radius 3 is 2.58 bits per heavy atom. The van der Waals surface area contributed by atoms with Crippen molar-refractivity contribution in [3.05, 3.63) is 42.5 Å². The molecular weight excluding hydrogens is 240 g/mol. The molecule has 0 atom stereocenters. The lowest BCUT2D eigenvalue weighted by Crippen LogP contribution is -2.06. The van der Waals surface area contributed by atoms with Gasteiger partial charge in [-0.1, -0.05) is 24.8 Å². The molecule has 0 saturated carbocycles. The van der Waals surface area contributed by atoms with Gasteiger partial charge in [0.15, 0.2) is 0 Å². The van der Waals surface area contributed by atoms with Crippen LogP contribution in [0.1, 0.15) is 32.6 Å². The molecule has 1 aromatic rings. The summed E-state index contributed by atoms with van der Waals surface area (Å²) in [4.78, 5) is 11.3. The first-order chi connectivity index (χ1) is 9.24. The van der Waals surface area contributed by atoms with E-state index in [-0.39, 0.29) is 5.97 Å². The summed E-state index contributed by atoms with van der Waals surface area (Å²) in [5, 5.41) is 0. The summed E-state index contributed by atoms with van der Waals surface area (Å²) >= 11 is 0. The lowest BCUT2D eigenvalue weighted by atomic mass is 10.1. The lowest BCUT2D eigenvalue weighted by Gasteiger charge is -2.06. The van der Waals surface area contributed by atoms with Gasteiger partial charge in [-0.25, -0.2) is 4.79 Å². The van der Waals surface area contributed by atoms with Crippen LogP contribution in [0, 0.1) is 0 Å². The van der Waals surface area contributed by atoms with Crippen LogP contribution >= 0.6 is 0 Å². The van der Waals surface area contributed by atoms with E-state index in [2.05, 4.69) is 6.58 Å². The number of benzene rings is 1. The molecule has 0 aliphatic heterocycles. The van der Waals surface area contributed by atoms with Gasteiger partial charge in [0.1, 0.15) is 5.75 Å². The smallest absolute Gasteiger partial charge is 0.333 e. The van der Waals surface area contributed by atoms with Crippen LogP contribution in [0.2, 0.25) is 0 Å². The molecule has 1 rings (SSSR count). The minimum atomic E-state index is -0.275. The molecule has 0 fully saturated rings. The Kier molecular flexibility index (Phi) is 7.40. The standard InChI is InChI=1S/C16H22O3/c1-3-18-16(17)14(2)10-6-5-9-13-19-15-11-7-4-8-12-15/h4,7-8,11-12H,2-3,5-6,9-10,13H2,1H3. The number of hydrogen-bond acceptors (Lipinski definition) is 3. The Morgan fingerprint density at radius 1 is 1.16 bits per heavy atom. The molecule has 0 aliphatic carbocycles. The number of unbranched alkanes of at least 4 members (excludes halogenated alkanes) is 2. The highest BCUT2D eigenvalue weighted by molar-refractivity contribution is 5.87. The molecule has 0 aliphatic rings. The highest BCUT2D eigenvalue weighted by atomic mass is 16.5. The predicted molar refractivity (Wildman–Crippen MR) is 76.2 cm³/mol. The third-order valence-electron chi connectivity index (χ3n) is 2.70. The SMILES string of the molecule is C=C(CCCCCOc1ccccc1)C(=O)OCC. The zero-order valence-corrected chi connectivity index (χ0v) is 11.6. The monoisotopic (exact) mass is 262 g/mol. The Hall–Kier alpha value is -1.77. The maximum absolute atomic E-state index is 11.3. The molecule has 3 heteroatoms. The molecule has 3 nitrogen and oxygen atoms in total. The number of carbonyl (C=O) groups excluding carboxylic acids is 1. The summed E-state index contributed by atoms with van der Waals surface area (Å²) in [5.74, 6) is 0.626. The van der Waals surface area contributed by atoms with Gasteiger partial charge in [0.25, 0.3) is 0 Å². The zero-order chi connectivity index (χ0) is 13.9. The molecule has 0 amide bonds. The number of hydrogen-bond donors (Lipinski definition) is 0. The van der Waals surface area contributed by atoms with Crippen molar-refractivity contribution in [1.82, 2.24) is 0 Å². The van der Waals surface area contributed by atoms with Crippen LogP contribution in [0.4, 0.5) is 0 Å². The molecule has 0 saturated heterocycles. The van der Waals surface area contributed by atoms with Crippen LogP contribution in [-0.4, -0.2) is 19.2 Å². The number of carbonyl (C=O) groups is 1. The summed E-state index contributed by atoms with van der Waals surface area (Å²) in [5.41, 5.74) is 0.561. The first kappa shape index (κ1) is 15.3. The fourth-order valence-electron chi connectivity index (χ4n) is 1.66. The average Bonchev–Trinajstić information content (AvgIpc) is 2.43. The van der Waals surface area contributed by atoms with E-state index in [0.29, 0.717) is 25.2 Å². The number of esters is 1. The average molecular weight is 262 g/mol. The van der Waals surface area contributed by atoms with Crippen molar-refractivity contribution < 1.29 is 14.3 Å². The van der Waals surface area contributed by atoms with Gasteiger partial charge >= 0.3 is 5.97 Å². The summed E-state index contributed by atoms with van der Waals surface area (Å²) in [6.45, 7) is 6.64. The van der Waals surface area contributed by atoms with Crippen molar-refractivity contribution in [3.8, 4) is 5.75 Å². The van der Waals surface area contributed by atoms with E-state index in [4.69, 9.17) is 9.47 Å². The summed E-state index contributed by atoms with van der Waals surface area (Å²) < 4.78 is 10.5. The molecule has 0 bridgehead atoms. The minimum Gasteiger partial charge on any atom is -0.494 e. The van der Waals surface area contributed by atoms with Crippen molar-refractivity contribution in [3.63, 3.8) is 0 Å². The number of para-hydroxylation sites is 1. The highest BCUT2D eigenvalue weighted by Crippen LogP contribution is 2.11. The van der Waals surface area contributed by atoms with Gasteiger partial charge in [0, 0.05) is 5.57 Å². The van der Waals surface area contributed by atoms with Gasteiger partial charge in [-0.3, -0.25) is 0 Å². The van der Waals surface area contributed by atoms with Gasteiger partial charge in [-0.15, -0.1) is 0 Å². The molecule has 0 N–H and O–H groups in total. The van der Waals surface area contributed by atoms with Crippen LogP contribution < -0.4 is 4.74 Å². The molecule has 0 spiro atoms. The van der Waals surface area contributed by atoms with Crippen LogP contribution in [0.25, 0.3) is 0 Å². The van der Waals surface area contributed by atoms with E-state index in [9.17, 15) is 4.79 Å². The van der Waals surface area contributed by atoms with E-state index in [1.165, 1.54) is 0 Å². The van der Waals surface area contributed by atoms with E-state index in [1.54, 1.807) is 6.92 Å². The van der Waals surface area contributed by atoms with Crippen LogP contribution in [0.5, 0.6) is 5.75 Å². The third kappa shape index (κ3) is 6.65. The first-order valence-corrected chi connectivity index (χ1v) is 6.76. The van der Waals surface area contributed by atoms with Crippen LogP contribution in [-0.2, 0) is 9.53 Å². The molecule has 19 heavy (non-hydrogen) atoms. The second-order valence-corrected chi connectivity index (χ2v) is 4.30. The van der Waals surface area contributed by atoms with Crippen molar-refractivity contribution in [2.24, 2.45) is 0 Å². The van der Waals surface area contributed by atoms with E-state index < -0.39 is 0 Å². The van der Waals surface area contributed by atoms with Gasteiger partial charge in [0.05, 0.1) is 13.2 Å². The Labute approximate surface area is 115 Å². The second-order valence-electron chi connectivity index (χ2n) is 4.30. The fourth-order valence-corrected chi connectivity index (χ4v) is 1.66. The van der Waals surface area contributed by atoms with E-state index >= 15 is 0 Å². The normalized spacial score (nSPS) is 9.95. The second kappa shape index (κ2) is 9.20. The molecule has 0 unspecified atom stereocenters. The first-order valence-electron chi connectivity index (χ1n) is 6.76. The Balaban J connectivity index is 2.02. The van der Waals surface area contributed by atoms with Crippen molar-refractivity contribution in [1.29, 1.82) is 0 Å². The molecular formula is C16H22O3. The number of ether oxygens (including phenoxy) is 2. The van der Waals surface area contributed by atoms with Crippen molar-refractivity contribution in [2.75, 3.05) is 13.2 Å². The number of rotatable bonds is 9. The van der Waals surface area contributed by atoms with Crippen molar-refractivity contribution >= 4 is 5.97 Å². The summed E-state index contributed by atoms with van der Waals surface area (Å²) in [6.07, 6.45) is 3.64.